The van der Waals surface area contributed by atoms with Crippen molar-refractivity contribution in [2.75, 3.05) is 6.54 Å². The minimum Gasteiger partial charge on any atom is -0.330 e. The maximum Gasteiger partial charge on any atom is -0.00773 e. The molecule has 0 saturated carbocycles. The Kier molecular flexibility index (Phi) is 22.9. The zero-order chi connectivity index (χ0) is 13.2. The first-order valence-electron chi connectivity index (χ1n) is 7.23. The summed E-state index contributed by atoms with van der Waals surface area (Å²) in [4.78, 5) is 0. The third-order valence-electron chi connectivity index (χ3n) is 2.70. The molecule has 0 atom stereocenters. The molecule has 0 heterocycles. The van der Waals surface area contributed by atoms with Crippen LogP contribution in [0.25, 0.3) is 0 Å². The van der Waals surface area contributed by atoms with Crippen LogP contribution < -0.4 is 5.73 Å². The predicted molar refractivity (Wildman–Crippen MR) is 78.9 cm³/mol. The van der Waals surface area contributed by atoms with Gasteiger partial charge in [-0.3, -0.25) is 5.41 Å². The second kappa shape index (κ2) is 20.8. The molecule has 0 amide bonds. The van der Waals surface area contributed by atoms with E-state index in [0.717, 1.165) is 6.54 Å². The van der Waals surface area contributed by atoms with Gasteiger partial charge in [0, 0.05) is 0 Å². The third-order valence-corrected chi connectivity index (χ3v) is 2.70. The van der Waals surface area contributed by atoms with Crippen molar-refractivity contribution < 1.29 is 0 Å². The van der Waals surface area contributed by atoms with Gasteiger partial charge in [-0.1, -0.05) is 64.7 Å². The fraction of sp³-hybridized carbons (Fsp3) is 0.867. The minimum absolute atomic E-state index is 0.872. The van der Waals surface area contributed by atoms with Crippen LogP contribution in [0.3, 0.4) is 0 Å². The van der Waals surface area contributed by atoms with E-state index in [2.05, 4.69) is 12.8 Å². The van der Waals surface area contributed by atoms with Gasteiger partial charge < -0.3 is 5.73 Å². The summed E-state index contributed by atoms with van der Waals surface area (Å²) in [5, 5.41) is 6.15. The first-order valence-corrected chi connectivity index (χ1v) is 7.23. The van der Waals surface area contributed by atoms with Crippen molar-refractivity contribution in [3.05, 3.63) is 6.08 Å². The minimum atomic E-state index is 0.872. The smallest absolute Gasteiger partial charge is 0.00773 e. The van der Waals surface area contributed by atoms with Gasteiger partial charge >= 0.3 is 0 Å². The van der Waals surface area contributed by atoms with Crippen molar-refractivity contribution in [2.45, 2.75) is 78.1 Å². The van der Waals surface area contributed by atoms with E-state index in [1.807, 2.05) is 0 Å². The molecule has 0 saturated heterocycles. The Morgan fingerprint density at radius 3 is 1.53 bits per heavy atom. The molecule has 0 aromatic heterocycles. The van der Waals surface area contributed by atoms with Crippen molar-refractivity contribution >= 4 is 5.87 Å². The molecule has 3 N–H and O–H groups in total. The molecule has 0 aromatic rings. The highest BCUT2D eigenvalue weighted by Crippen LogP contribution is 2.09. The van der Waals surface area contributed by atoms with E-state index in [9.17, 15) is 0 Å². The third kappa shape index (κ3) is 25.6. The predicted octanol–water partition coefficient (Wildman–Crippen LogP) is 4.68. The fourth-order valence-corrected chi connectivity index (χ4v) is 1.63. The molecule has 0 aliphatic heterocycles. The molecule has 0 rings (SSSR count). The van der Waals surface area contributed by atoms with Crippen LogP contribution in [0.2, 0.25) is 0 Å². The van der Waals surface area contributed by atoms with E-state index in [1.54, 1.807) is 13.0 Å². The van der Waals surface area contributed by atoms with E-state index in [4.69, 9.17) is 11.1 Å². The Balaban J connectivity index is 0. The maximum absolute atomic E-state index is 6.15. The zero-order valence-electron chi connectivity index (χ0n) is 11.9. The topological polar surface area (TPSA) is 49.9 Å². The summed E-state index contributed by atoms with van der Waals surface area (Å²) in [6.45, 7) is 4.90. The normalized spacial score (nSPS) is 9.12. The van der Waals surface area contributed by atoms with E-state index < -0.39 is 0 Å². The molecule has 17 heavy (non-hydrogen) atoms. The van der Waals surface area contributed by atoms with Crippen LogP contribution in [0, 0.1) is 5.41 Å². The molecule has 2 nitrogen and oxygen atoms in total. The second-order valence-corrected chi connectivity index (χ2v) is 4.40. The van der Waals surface area contributed by atoms with E-state index in [-0.39, 0.29) is 0 Å². The van der Waals surface area contributed by atoms with Crippen LogP contribution >= 0.6 is 0 Å². The lowest BCUT2D eigenvalue weighted by Crippen LogP contribution is -1.97. The van der Waals surface area contributed by atoms with E-state index in [0.29, 0.717) is 0 Å². The average Bonchev–Trinajstić information content (AvgIpc) is 2.37. The van der Waals surface area contributed by atoms with Crippen LogP contribution in [0.1, 0.15) is 78.1 Å². The summed E-state index contributed by atoms with van der Waals surface area (Å²) in [6.07, 6.45) is 15.5. The molecular weight excluding hydrogens is 208 g/mol. The Morgan fingerprint density at radius 2 is 1.24 bits per heavy atom. The van der Waals surface area contributed by atoms with Crippen molar-refractivity contribution in [3.63, 3.8) is 0 Å². The summed E-state index contributed by atoms with van der Waals surface area (Å²) in [6, 6.07) is 0. The lowest BCUT2D eigenvalue weighted by molar-refractivity contribution is 0.558. The van der Waals surface area contributed by atoms with Gasteiger partial charge in [0.2, 0.25) is 0 Å². The summed E-state index contributed by atoms with van der Waals surface area (Å²) < 4.78 is 0. The molecule has 0 aromatic carbocycles. The molecule has 0 unspecified atom stereocenters. The quantitative estimate of drug-likeness (QED) is 0.423. The van der Waals surface area contributed by atoms with Gasteiger partial charge in [0.15, 0.2) is 0 Å². The van der Waals surface area contributed by atoms with Crippen LogP contribution in [-0.4, -0.2) is 12.4 Å². The van der Waals surface area contributed by atoms with Crippen molar-refractivity contribution in [2.24, 2.45) is 5.73 Å². The number of unbranched alkanes of at least 4 members (excludes halogenated alkanes) is 9. The summed E-state index contributed by atoms with van der Waals surface area (Å²) in [5.41, 5.74) is 5.42. The lowest BCUT2D eigenvalue weighted by atomic mass is 10.1. The van der Waals surface area contributed by atoms with Crippen molar-refractivity contribution in [1.82, 2.24) is 0 Å². The highest BCUT2D eigenvalue weighted by atomic mass is 14.5. The number of hydrogen-bond acceptors (Lipinski definition) is 2. The van der Waals surface area contributed by atoms with Gasteiger partial charge in [0.05, 0.1) is 0 Å². The first kappa shape index (κ1) is 18.8. The van der Waals surface area contributed by atoms with Gasteiger partial charge in [-0.05, 0) is 31.8 Å². The van der Waals surface area contributed by atoms with Crippen LogP contribution in [0.4, 0.5) is 0 Å². The van der Waals surface area contributed by atoms with Gasteiger partial charge in [0.1, 0.15) is 0 Å². The van der Waals surface area contributed by atoms with Crippen molar-refractivity contribution in [1.29, 1.82) is 5.41 Å². The molecule has 0 spiro atoms. The van der Waals surface area contributed by atoms with Crippen LogP contribution in [-0.2, 0) is 0 Å². The Hall–Kier alpha value is -0.590. The average molecular weight is 240 g/mol. The van der Waals surface area contributed by atoms with Gasteiger partial charge in [-0.15, -0.1) is 0 Å². The summed E-state index contributed by atoms with van der Waals surface area (Å²) in [7, 11) is 0. The Morgan fingerprint density at radius 1 is 0.882 bits per heavy atom. The number of allylic oxidation sites excluding steroid dienone is 1. The number of hydrogen-bond donors (Lipinski definition) is 2. The first-order chi connectivity index (χ1) is 8.33. The molecule has 0 aliphatic rings. The second-order valence-electron chi connectivity index (χ2n) is 4.40. The molecule has 0 aliphatic carbocycles. The molecule has 0 radical (unpaired) electrons. The number of nitrogens with one attached hydrogen (secondary N) is 1. The van der Waals surface area contributed by atoms with Gasteiger partial charge in [-0.25, -0.2) is 0 Å². The number of nitrogens with two attached hydrogens (primary N) is 1. The van der Waals surface area contributed by atoms with Crippen LogP contribution in [0.15, 0.2) is 6.08 Å². The van der Waals surface area contributed by atoms with Crippen molar-refractivity contribution in [3.8, 4) is 0 Å². The van der Waals surface area contributed by atoms with Gasteiger partial charge in [0.25, 0.3) is 0 Å². The largest absolute Gasteiger partial charge is 0.330 e. The highest BCUT2D eigenvalue weighted by molar-refractivity contribution is 5.45. The zero-order valence-corrected chi connectivity index (χ0v) is 11.9. The Labute approximate surface area is 108 Å². The van der Waals surface area contributed by atoms with Gasteiger partial charge in [-0.2, -0.15) is 0 Å². The molecule has 0 fully saturated rings. The molecular formula is C15H32N2. The van der Waals surface area contributed by atoms with E-state index in [1.165, 1.54) is 64.2 Å². The van der Waals surface area contributed by atoms with E-state index >= 15 is 0 Å². The fourth-order valence-electron chi connectivity index (χ4n) is 1.63. The SMILES string of the molecule is CC=C=N.CCCCCCCCCCCCN. The monoisotopic (exact) mass is 240 g/mol. The summed E-state index contributed by atoms with van der Waals surface area (Å²) in [5.74, 6) is 2.06. The van der Waals surface area contributed by atoms with Crippen LogP contribution in [0.5, 0.6) is 0 Å². The molecule has 2 heteroatoms. The molecule has 102 valence electrons. The lowest BCUT2D eigenvalue weighted by Gasteiger charge is -2.00. The number of rotatable bonds is 10. The Bertz CT molecular complexity index is 150. The summed E-state index contributed by atoms with van der Waals surface area (Å²) >= 11 is 0. The highest BCUT2D eigenvalue weighted by Gasteiger charge is 1.91. The molecule has 0 bridgehead atoms. The standard InChI is InChI=1S/C12H27N.C3H5N/c1-2-3-4-5-6-7-8-9-10-11-12-13;1-2-3-4/h2-13H2,1H3;2,4H,1H3. The maximum atomic E-state index is 6.15.